The first-order valence-corrected chi connectivity index (χ1v) is 6.97. The predicted octanol–water partition coefficient (Wildman–Crippen LogP) is 4.72. The van der Waals surface area contributed by atoms with Crippen LogP contribution in [-0.4, -0.2) is 11.2 Å². The van der Waals surface area contributed by atoms with Gasteiger partial charge in [-0.1, -0.05) is 6.07 Å². The second-order valence-electron chi connectivity index (χ2n) is 3.75. The van der Waals surface area contributed by atoms with E-state index in [2.05, 4.69) is 31.9 Å². The maximum absolute atomic E-state index is 11.0. The topological polar surface area (TPSA) is 69.4 Å². The summed E-state index contributed by atoms with van der Waals surface area (Å²) in [6, 6.07) is 9.27. The fourth-order valence-corrected chi connectivity index (χ4v) is 2.44. The van der Waals surface area contributed by atoms with Crippen LogP contribution < -0.4 is 4.74 Å². The molecule has 20 heavy (non-hydrogen) atoms. The van der Waals surface area contributed by atoms with Gasteiger partial charge in [0.2, 0.25) is 5.75 Å². The third-order valence-corrected chi connectivity index (χ3v) is 3.69. The van der Waals surface area contributed by atoms with Crippen LogP contribution in [0.4, 0.5) is 5.69 Å². The van der Waals surface area contributed by atoms with Gasteiger partial charge in [-0.05, 0) is 56.1 Å². The molecule has 0 unspecified atom stereocenters. The molecule has 2 aromatic carbocycles. The smallest absolute Gasteiger partial charge is 0.312 e. The highest BCUT2D eigenvalue weighted by Crippen LogP contribution is 2.40. The number of carbonyl (C=O) groups excluding carboxylic acids is 1. The van der Waals surface area contributed by atoms with E-state index in [9.17, 15) is 14.9 Å². The minimum absolute atomic E-state index is 0.108. The Bertz CT molecular complexity index is 688. The molecular weight excluding hydrogens is 394 g/mol. The molecular formula is C13H7Br2NO4. The van der Waals surface area contributed by atoms with Crippen LogP contribution in [0.3, 0.4) is 0 Å². The van der Waals surface area contributed by atoms with E-state index in [1.54, 1.807) is 30.3 Å². The summed E-state index contributed by atoms with van der Waals surface area (Å²) in [7, 11) is 0. The van der Waals surface area contributed by atoms with Crippen LogP contribution in [0.25, 0.3) is 0 Å². The average Bonchev–Trinajstić information content (AvgIpc) is 2.42. The Labute approximate surface area is 131 Å². The second kappa shape index (κ2) is 6.15. The van der Waals surface area contributed by atoms with Crippen molar-refractivity contribution >= 4 is 43.8 Å². The lowest BCUT2D eigenvalue weighted by atomic mass is 10.2. The number of carbonyl (C=O) groups is 1. The zero-order valence-corrected chi connectivity index (χ0v) is 13.0. The maximum atomic E-state index is 11.0. The second-order valence-corrected chi connectivity index (χ2v) is 5.46. The van der Waals surface area contributed by atoms with Crippen LogP contribution in [0.15, 0.2) is 45.3 Å². The van der Waals surface area contributed by atoms with Gasteiger partial charge in [0.05, 0.1) is 13.9 Å². The Morgan fingerprint density at radius 2 is 1.90 bits per heavy atom. The van der Waals surface area contributed by atoms with Gasteiger partial charge in [0.25, 0.3) is 0 Å². The highest BCUT2D eigenvalue weighted by Gasteiger charge is 2.19. The van der Waals surface area contributed by atoms with Gasteiger partial charge in [0, 0.05) is 11.6 Å². The minimum atomic E-state index is -0.520. The summed E-state index contributed by atoms with van der Waals surface area (Å²) in [5.41, 5.74) is 0.330. The molecule has 0 amide bonds. The number of aldehydes is 1. The van der Waals surface area contributed by atoms with Crippen LogP contribution in [0.2, 0.25) is 0 Å². The predicted molar refractivity (Wildman–Crippen MR) is 80.4 cm³/mol. The number of nitrogens with zero attached hydrogens (tertiary/aromatic N) is 1. The van der Waals surface area contributed by atoms with E-state index in [4.69, 9.17) is 4.74 Å². The Morgan fingerprint density at radius 3 is 2.50 bits per heavy atom. The molecule has 0 saturated heterocycles. The summed E-state index contributed by atoms with van der Waals surface area (Å²) in [6.07, 6.45) is 0.704. The van der Waals surface area contributed by atoms with E-state index < -0.39 is 4.92 Å². The molecule has 0 spiro atoms. The molecule has 2 aromatic rings. The fraction of sp³-hybridized carbons (Fsp3) is 0. The first kappa shape index (κ1) is 14.7. The van der Waals surface area contributed by atoms with Crippen LogP contribution in [0.1, 0.15) is 10.4 Å². The van der Waals surface area contributed by atoms with Gasteiger partial charge in [-0.25, -0.2) is 0 Å². The van der Waals surface area contributed by atoms with Crippen molar-refractivity contribution in [3.05, 3.63) is 61.0 Å². The molecule has 5 nitrogen and oxygen atoms in total. The molecule has 0 fully saturated rings. The van der Waals surface area contributed by atoms with E-state index in [0.717, 1.165) is 0 Å². The molecule has 0 aliphatic carbocycles. The van der Waals surface area contributed by atoms with E-state index in [1.807, 2.05) is 0 Å². The van der Waals surface area contributed by atoms with Crippen molar-refractivity contribution in [2.75, 3.05) is 0 Å². The lowest BCUT2D eigenvalue weighted by Gasteiger charge is -2.10. The zero-order valence-electron chi connectivity index (χ0n) is 9.88. The normalized spacial score (nSPS) is 10.1. The molecule has 0 atom stereocenters. The minimum Gasteiger partial charge on any atom is -0.448 e. The number of nitro groups is 1. The SMILES string of the molecule is O=Cc1ccc(Oc2c(Br)cccc2[N+](=O)[O-])c(Br)c1. The molecule has 2 rings (SSSR count). The van der Waals surface area contributed by atoms with Gasteiger partial charge < -0.3 is 4.74 Å². The Balaban J connectivity index is 2.44. The number of hydrogen-bond acceptors (Lipinski definition) is 4. The van der Waals surface area contributed by atoms with Gasteiger partial charge in [0.15, 0.2) is 0 Å². The third kappa shape index (κ3) is 3.05. The van der Waals surface area contributed by atoms with Crippen molar-refractivity contribution in [3.63, 3.8) is 0 Å². The van der Waals surface area contributed by atoms with Crippen molar-refractivity contribution in [2.24, 2.45) is 0 Å². The van der Waals surface area contributed by atoms with Crippen molar-refractivity contribution in [1.82, 2.24) is 0 Å². The monoisotopic (exact) mass is 399 g/mol. The van der Waals surface area contributed by atoms with Crippen molar-refractivity contribution < 1.29 is 14.5 Å². The Kier molecular flexibility index (Phi) is 4.51. The molecule has 102 valence electrons. The summed E-state index contributed by atoms with van der Waals surface area (Å²) >= 11 is 6.49. The van der Waals surface area contributed by atoms with Gasteiger partial charge in [-0.2, -0.15) is 0 Å². The highest BCUT2D eigenvalue weighted by molar-refractivity contribution is 9.11. The molecule has 0 radical (unpaired) electrons. The lowest BCUT2D eigenvalue weighted by molar-refractivity contribution is -0.385. The molecule has 0 bridgehead atoms. The summed E-state index contributed by atoms with van der Waals surface area (Å²) < 4.78 is 6.59. The van der Waals surface area contributed by atoms with E-state index in [1.165, 1.54) is 6.07 Å². The Hall–Kier alpha value is -1.73. The van der Waals surface area contributed by atoms with Crippen LogP contribution in [0.5, 0.6) is 11.5 Å². The van der Waals surface area contributed by atoms with Gasteiger partial charge in [-0.15, -0.1) is 0 Å². The standard InChI is InChI=1S/C13H7Br2NO4/c14-9-2-1-3-11(16(18)19)13(9)20-12-5-4-8(7-17)6-10(12)15/h1-7H. The van der Waals surface area contributed by atoms with Gasteiger partial charge >= 0.3 is 5.69 Å². The molecule has 0 saturated carbocycles. The number of nitro benzene ring substituents is 1. The molecule has 0 aliphatic rings. The molecule has 0 aliphatic heterocycles. The van der Waals surface area contributed by atoms with Gasteiger partial charge in [-0.3, -0.25) is 14.9 Å². The number of ether oxygens (including phenoxy) is 1. The zero-order chi connectivity index (χ0) is 14.7. The number of rotatable bonds is 4. The number of para-hydroxylation sites is 1. The van der Waals surface area contributed by atoms with E-state index in [0.29, 0.717) is 26.5 Å². The Morgan fingerprint density at radius 1 is 1.15 bits per heavy atom. The van der Waals surface area contributed by atoms with Crippen LogP contribution in [-0.2, 0) is 0 Å². The van der Waals surface area contributed by atoms with E-state index >= 15 is 0 Å². The lowest BCUT2D eigenvalue weighted by Crippen LogP contribution is -1.95. The van der Waals surface area contributed by atoms with Crippen molar-refractivity contribution in [1.29, 1.82) is 0 Å². The number of benzene rings is 2. The summed E-state index contributed by atoms with van der Waals surface area (Å²) in [4.78, 5) is 21.1. The van der Waals surface area contributed by atoms with E-state index in [-0.39, 0.29) is 11.4 Å². The maximum Gasteiger partial charge on any atom is 0.312 e. The number of hydrogen-bond donors (Lipinski definition) is 0. The summed E-state index contributed by atoms with van der Waals surface area (Å²) in [5, 5.41) is 11.0. The molecule has 0 heterocycles. The summed E-state index contributed by atoms with van der Waals surface area (Å²) in [6.45, 7) is 0. The average molecular weight is 401 g/mol. The third-order valence-electron chi connectivity index (χ3n) is 2.45. The first-order chi connectivity index (χ1) is 9.52. The summed E-state index contributed by atoms with van der Waals surface area (Å²) in [5.74, 6) is 0.489. The largest absolute Gasteiger partial charge is 0.448 e. The first-order valence-electron chi connectivity index (χ1n) is 5.38. The van der Waals surface area contributed by atoms with Gasteiger partial charge in [0.1, 0.15) is 12.0 Å². The molecule has 7 heteroatoms. The number of halogens is 2. The van der Waals surface area contributed by atoms with Crippen molar-refractivity contribution in [3.8, 4) is 11.5 Å². The van der Waals surface area contributed by atoms with Crippen LogP contribution >= 0.6 is 31.9 Å². The van der Waals surface area contributed by atoms with Crippen molar-refractivity contribution in [2.45, 2.75) is 0 Å². The fourth-order valence-electron chi connectivity index (χ4n) is 1.53. The highest BCUT2D eigenvalue weighted by atomic mass is 79.9. The molecule has 0 aromatic heterocycles. The quantitative estimate of drug-likeness (QED) is 0.422. The van der Waals surface area contributed by atoms with Crippen LogP contribution in [0, 0.1) is 10.1 Å². The molecule has 0 N–H and O–H groups in total.